The van der Waals surface area contributed by atoms with Crippen molar-refractivity contribution >= 4 is 23.3 Å². The minimum absolute atomic E-state index is 0.0202. The van der Waals surface area contributed by atoms with Gasteiger partial charge in [0.1, 0.15) is 5.82 Å². The Kier molecular flexibility index (Phi) is 3.18. The Morgan fingerprint density at radius 1 is 1.56 bits per heavy atom. The Morgan fingerprint density at radius 3 is 2.94 bits per heavy atom. The molecule has 6 heteroatoms. The van der Waals surface area contributed by atoms with E-state index in [-0.39, 0.29) is 30.2 Å². The molecule has 0 fully saturated rings. The number of anilines is 2. The summed E-state index contributed by atoms with van der Waals surface area (Å²) < 4.78 is 18.5. The predicted octanol–water partition coefficient (Wildman–Crippen LogP) is 1.47. The van der Waals surface area contributed by atoms with Crippen LogP contribution in [0.5, 0.6) is 0 Å². The molecule has 1 aromatic carbocycles. The summed E-state index contributed by atoms with van der Waals surface area (Å²) in [6, 6.07) is 1.13. The van der Waals surface area contributed by atoms with Crippen molar-refractivity contribution in [1.82, 2.24) is 0 Å². The van der Waals surface area contributed by atoms with E-state index in [4.69, 9.17) is 10.5 Å². The van der Waals surface area contributed by atoms with E-state index in [9.17, 15) is 14.0 Å². The van der Waals surface area contributed by atoms with Gasteiger partial charge < -0.3 is 15.8 Å². The van der Waals surface area contributed by atoms with Crippen molar-refractivity contribution in [3.63, 3.8) is 0 Å². The largest absolute Gasteiger partial charge is 0.462 e. The average molecular weight is 252 g/mol. The molecule has 5 nitrogen and oxygen atoms in total. The Bertz CT molecular complexity index is 529. The van der Waals surface area contributed by atoms with Crippen molar-refractivity contribution in [2.75, 3.05) is 17.7 Å². The van der Waals surface area contributed by atoms with Crippen LogP contribution in [0.1, 0.15) is 29.3 Å². The van der Waals surface area contributed by atoms with Crippen molar-refractivity contribution in [2.24, 2.45) is 0 Å². The van der Waals surface area contributed by atoms with Gasteiger partial charge in [0.25, 0.3) is 0 Å². The second kappa shape index (κ2) is 4.64. The van der Waals surface area contributed by atoms with E-state index in [0.717, 1.165) is 6.07 Å². The standard InChI is InChI=1S/C12H13FN2O3/c1-2-18-12(17)10-6-3-4-9(16)15-8(6)5-7(13)11(10)14/h5H,2-4,14H2,1H3,(H,15,16). The molecule has 0 aliphatic carbocycles. The van der Waals surface area contributed by atoms with Crippen LogP contribution in [0.15, 0.2) is 6.07 Å². The van der Waals surface area contributed by atoms with Gasteiger partial charge in [0.15, 0.2) is 0 Å². The molecule has 0 spiro atoms. The van der Waals surface area contributed by atoms with Gasteiger partial charge in [-0.3, -0.25) is 4.79 Å². The lowest BCUT2D eigenvalue weighted by atomic mass is 9.95. The van der Waals surface area contributed by atoms with Crippen LogP contribution in [-0.4, -0.2) is 18.5 Å². The monoisotopic (exact) mass is 252 g/mol. The lowest BCUT2D eigenvalue weighted by molar-refractivity contribution is -0.116. The van der Waals surface area contributed by atoms with E-state index in [2.05, 4.69) is 5.32 Å². The molecule has 1 aliphatic rings. The summed E-state index contributed by atoms with van der Waals surface area (Å²) in [4.78, 5) is 23.0. The van der Waals surface area contributed by atoms with Crippen LogP contribution in [0.3, 0.4) is 0 Å². The lowest BCUT2D eigenvalue weighted by Gasteiger charge is -2.21. The molecular weight excluding hydrogens is 239 g/mol. The number of ether oxygens (including phenoxy) is 1. The summed E-state index contributed by atoms with van der Waals surface area (Å²) in [7, 11) is 0. The number of hydrogen-bond donors (Lipinski definition) is 2. The van der Waals surface area contributed by atoms with E-state index in [1.54, 1.807) is 6.92 Å². The fourth-order valence-electron chi connectivity index (χ4n) is 1.97. The fraction of sp³-hybridized carbons (Fsp3) is 0.333. The Balaban J connectivity index is 2.56. The fourth-order valence-corrected chi connectivity index (χ4v) is 1.97. The van der Waals surface area contributed by atoms with Crippen LogP contribution in [-0.2, 0) is 16.0 Å². The first kappa shape index (κ1) is 12.3. The molecule has 2 rings (SSSR count). The first-order valence-corrected chi connectivity index (χ1v) is 5.62. The van der Waals surface area contributed by atoms with Crippen LogP contribution >= 0.6 is 0 Å². The third-order valence-corrected chi connectivity index (χ3v) is 2.78. The maximum Gasteiger partial charge on any atom is 0.340 e. The van der Waals surface area contributed by atoms with Gasteiger partial charge in [0.2, 0.25) is 5.91 Å². The zero-order chi connectivity index (χ0) is 13.3. The number of carbonyl (C=O) groups excluding carboxylic acids is 2. The number of benzene rings is 1. The quantitative estimate of drug-likeness (QED) is 0.617. The highest BCUT2D eigenvalue weighted by Gasteiger charge is 2.26. The van der Waals surface area contributed by atoms with Crippen molar-refractivity contribution in [3.8, 4) is 0 Å². The van der Waals surface area contributed by atoms with Gasteiger partial charge in [-0.15, -0.1) is 0 Å². The van der Waals surface area contributed by atoms with Gasteiger partial charge in [0.05, 0.1) is 17.9 Å². The molecular formula is C12H13FN2O3. The molecule has 1 heterocycles. The SMILES string of the molecule is CCOC(=O)c1c(N)c(F)cc2c1CCC(=O)N2. The molecule has 18 heavy (non-hydrogen) atoms. The number of halogens is 1. The molecule has 0 unspecified atom stereocenters. The number of fused-ring (bicyclic) bond motifs is 1. The normalized spacial score (nSPS) is 13.8. The number of hydrogen-bond acceptors (Lipinski definition) is 4. The molecule has 0 saturated heterocycles. The van der Waals surface area contributed by atoms with Gasteiger partial charge in [-0.05, 0) is 25.0 Å². The first-order chi connectivity index (χ1) is 8.54. The second-order valence-corrected chi connectivity index (χ2v) is 3.94. The summed E-state index contributed by atoms with van der Waals surface area (Å²) in [5.74, 6) is -1.61. The minimum Gasteiger partial charge on any atom is -0.462 e. The molecule has 0 saturated carbocycles. The van der Waals surface area contributed by atoms with E-state index < -0.39 is 11.8 Å². The van der Waals surface area contributed by atoms with E-state index in [1.165, 1.54) is 0 Å². The summed E-state index contributed by atoms with van der Waals surface area (Å²) in [6.07, 6.45) is 0.588. The van der Waals surface area contributed by atoms with Crippen molar-refractivity contribution in [2.45, 2.75) is 19.8 Å². The maximum absolute atomic E-state index is 13.6. The predicted molar refractivity (Wildman–Crippen MR) is 63.7 cm³/mol. The van der Waals surface area contributed by atoms with E-state index >= 15 is 0 Å². The smallest absolute Gasteiger partial charge is 0.340 e. The summed E-state index contributed by atoms with van der Waals surface area (Å²) in [6.45, 7) is 1.83. The highest BCUT2D eigenvalue weighted by molar-refractivity contribution is 6.02. The maximum atomic E-state index is 13.6. The molecule has 0 atom stereocenters. The van der Waals surface area contributed by atoms with Crippen molar-refractivity contribution in [3.05, 3.63) is 23.0 Å². The van der Waals surface area contributed by atoms with E-state index in [1.807, 2.05) is 0 Å². The van der Waals surface area contributed by atoms with Gasteiger partial charge in [0, 0.05) is 12.1 Å². The zero-order valence-electron chi connectivity index (χ0n) is 9.88. The van der Waals surface area contributed by atoms with Crippen LogP contribution in [0.25, 0.3) is 0 Å². The number of nitrogen functional groups attached to an aromatic ring is 1. The third kappa shape index (κ3) is 2.01. The number of carbonyl (C=O) groups is 2. The van der Waals surface area contributed by atoms with Crippen LogP contribution < -0.4 is 11.1 Å². The molecule has 1 aliphatic heterocycles. The molecule has 0 bridgehead atoms. The number of rotatable bonds is 2. The van der Waals surface area contributed by atoms with Crippen molar-refractivity contribution in [1.29, 1.82) is 0 Å². The molecule has 1 aromatic rings. The lowest BCUT2D eigenvalue weighted by Crippen LogP contribution is -2.23. The zero-order valence-corrected chi connectivity index (χ0v) is 9.88. The minimum atomic E-state index is -0.737. The highest BCUT2D eigenvalue weighted by Crippen LogP contribution is 2.32. The Hall–Kier alpha value is -2.11. The van der Waals surface area contributed by atoms with Crippen LogP contribution in [0.2, 0.25) is 0 Å². The summed E-state index contributed by atoms with van der Waals surface area (Å²) >= 11 is 0. The molecule has 1 amide bonds. The second-order valence-electron chi connectivity index (χ2n) is 3.94. The van der Waals surface area contributed by atoms with Gasteiger partial charge >= 0.3 is 5.97 Å². The molecule has 0 radical (unpaired) electrons. The first-order valence-electron chi connectivity index (χ1n) is 5.62. The Morgan fingerprint density at radius 2 is 2.28 bits per heavy atom. The highest BCUT2D eigenvalue weighted by atomic mass is 19.1. The number of amides is 1. The molecule has 0 aromatic heterocycles. The topological polar surface area (TPSA) is 81.4 Å². The van der Waals surface area contributed by atoms with E-state index in [0.29, 0.717) is 17.7 Å². The van der Waals surface area contributed by atoms with Gasteiger partial charge in [-0.2, -0.15) is 0 Å². The van der Waals surface area contributed by atoms with Gasteiger partial charge in [-0.1, -0.05) is 0 Å². The Labute approximate surface area is 103 Å². The van der Waals surface area contributed by atoms with Gasteiger partial charge in [-0.25, -0.2) is 9.18 Å². The molecule has 3 N–H and O–H groups in total. The molecule has 96 valence electrons. The summed E-state index contributed by atoms with van der Waals surface area (Å²) in [5.41, 5.74) is 6.20. The number of nitrogens with two attached hydrogens (primary N) is 1. The van der Waals surface area contributed by atoms with Crippen LogP contribution in [0.4, 0.5) is 15.8 Å². The van der Waals surface area contributed by atoms with Crippen LogP contribution in [0, 0.1) is 5.82 Å². The number of esters is 1. The number of nitrogens with one attached hydrogen (secondary N) is 1. The third-order valence-electron chi connectivity index (χ3n) is 2.78. The summed E-state index contributed by atoms with van der Waals surface area (Å²) in [5, 5.41) is 2.52. The van der Waals surface area contributed by atoms with Crippen molar-refractivity contribution < 1.29 is 18.7 Å². The average Bonchev–Trinajstić information content (AvgIpc) is 2.31.